The van der Waals surface area contributed by atoms with E-state index in [0.29, 0.717) is 12.2 Å². The van der Waals surface area contributed by atoms with Crippen molar-refractivity contribution >= 4 is 34.6 Å². The van der Waals surface area contributed by atoms with E-state index in [1.54, 1.807) is 22.7 Å². The van der Waals surface area contributed by atoms with Crippen LogP contribution in [0.5, 0.6) is 0 Å². The minimum atomic E-state index is -1.26. The molecule has 0 atom stereocenters. The topological polar surface area (TPSA) is 74.6 Å². The first-order valence-corrected chi connectivity index (χ1v) is 6.59. The van der Waals surface area contributed by atoms with Gasteiger partial charge in [0, 0.05) is 12.2 Å². The Labute approximate surface area is 112 Å². The summed E-state index contributed by atoms with van der Waals surface area (Å²) in [5, 5.41) is 23.8. The van der Waals surface area contributed by atoms with Gasteiger partial charge in [0.25, 0.3) is 0 Å². The van der Waals surface area contributed by atoms with E-state index < -0.39 is 11.9 Å². The highest BCUT2D eigenvalue weighted by molar-refractivity contribution is 7.08. The molecule has 0 aromatic carbocycles. The van der Waals surface area contributed by atoms with Crippen molar-refractivity contribution < 1.29 is 19.8 Å². The van der Waals surface area contributed by atoms with Crippen LogP contribution in [0.15, 0.2) is 57.9 Å². The number of aliphatic carboxylic acids is 2. The van der Waals surface area contributed by atoms with Crippen molar-refractivity contribution in [1.29, 1.82) is 0 Å². The van der Waals surface area contributed by atoms with E-state index in [9.17, 15) is 9.59 Å². The van der Waals surface area contributed by atoms with Crippen LogP contribution in [0.25, 0.3) is 0 Å². The Bertz CT molecular complexity index is 356. The van der Waals surface area contributed by atoms with Crippen LogP contribution < -0.4 is 0 Å². The highest BCUT2D eigenvalue weighted by Crippen LogP contribution is 1.92. The first-order chi connectivity index (χ1) is 8.63. The third-order valence-corrected chi connectivity index (χ3v) is 2.48. The molecule has 18 heavy (non-hydrogen) atoms. The van der Waals surface area contributed by atoms with Crippen LogP contribution in [0, 0.1) is 0 Å². The van der Waals surface area contributed by atoms with Gasteiger partial charge in [0.05, 0.1) is 0 Å². The van der Waals surface area contributed by atoms with Gasteiger partial charge in [-0.3, -0.25) is 0 Å². The summed E-state index contributed by atoms with van der Waals surface area (Å²) in [6.07, 6.45) is 1.12. The number of carboxylic acid groups (broad SMARTS) is 2. The molecule has 0 fully saturated rings. The third-order valence-electron chi connectivity index (χ3n) is 1.22. The molecule has 0 aliphatic rings. The zero-order chi connectivity index (χ0) is 13.6. The second kappa shape index (κ2) is 11.6. The molecule has 0 amide bonds. The number of carboxylic acids is 2. The van der Waals surface area contributed by atoms with Crippen LogP contribution >= 0.6 is 22.7 Å². The molecule has 0 bridgehead atoms. The van der Waals surface area contributed by atoms with Crippen molar-refractivity contribution in [3.63, 3.8) is 0 Å². The first-order valence-electron chi connectivity index (χ1n) is 4.71. The van der Waals surface area contributed by atoms with Crippen LogP contribution in [0.4, 0.5) is 0 Å². The standard InChI is InChI=1S/C4H4O4.2C4H4S/c5-3(6)1-2-4(7)8;2*1-2-4-5-3-1/h1-2H,(H,5,6)(H,7,8);2*1-4H/b2-1-;;. The molecule has 2 rings (SSSR count). The fraction of sp³-hybridized carbons (Fsp3) is 0. The average Bonchev–Trinajstić information content (AvgIpc) is 3.03. The molecule has 0 aliphatic heterocycles. The van der Waals surface area contributed by atoms with E-state index in [2.05, 4.69) is 0 Å². The Kier molecular flexibility index (Phi) is 10.3. The molecule has 0 unspecified atom stereocenters. The number of hydrogen-bond acceptors (Lipinski definition) is 4. The van der Waals surface area contributed by atoms with Crippen LogP contribution in [0.2, 0.25) is 0 Å². The summed E-state index contributed by atoms with van der Waals surface area (Å²) >= 11 is 3.43. The van der Waals surface area contributed by atoms with Crippen molar-refractivity contribution in [3.05, 3.63) is 57.9 Å². The first kappa shape index (κ1) is 16.1. The fourth-order valence-corrected chi connectivity index (χ4v) is 1.50. The number of carbonyl (C=O) groups is 2. The molecule has 0 saturated carbocycles. The molecule has 0 aliphatic carbocycles. The van der Waals surface area contributed by atoms with Gasteiger partial charge in [0.2, 0.25) is 0 Å². The van der Waals surface area contributed by atoms with E-state index in [1.807, 2.05) is 45.8 Å². The second-order valence-corrected chi connectivity index (χ2v) is 4.23. The van der Waals surface area contributed by atoms with Crippen molar-refractivity contribution in [2.45, 2.75) is 0 Å². The molecule has 2 N–H and O–H groups in total. The lowest BCUT2D eigenvalue weighted by Crippen LogP contribution is -1.91. The van der Waals surface area contributed by atoms with Crippen molar-refractivity contribution in [3.8, 4) is 0 Å². The lowest BCUT2D eigenvalue weighted by molar-refractivity contribution is -0.134. The molecule has 2 aromatic heterocycles. The Morgan fingerprint density at radius 1 is 0.722 bits per heavy atom. The van der Waals surface area contributed by atoms with Crippen molar-refractivity contribution in [2.24, 2.45) is 0 Å². The van der Waals surface area contributed by atoms with Gasteiger partial charge in [-0.2, -0.15) is 22.7 Å². The summed E-state index contributed by atoms with van der Waals surface area (Å²) in [6.45, 7) is 0. The predicted molar refractivity (Wildman–Crippen MR) is 73.0 cm³/mol. The van der Waals surface area contributed by atoms with Crippen LogP contribution in [0.1, 0.15) is 0 Å². The SMILES string of the molecule is O=C(O)/C=C\C(=O)O.c1ccsc1.c1ccsc1. The maximum atomic E-state index is 9.55. The minimum Gasteiger partial charge on any atom is -0.478 e. The Morgan fingerprint density at radius 2 is 1.00 bits per heavy atom. The summed E-state index contributed by atoms with van der Waals surface area (Å²) in [5.41, 5.74) is 0. The summed E-state index contributed by atoms with van der Waals surface area (Å²) < 4.78 is 0. The van der Waals surface area contributed by atoms with Gasteiger partial charge in [-0.25, -0.2) is 9.59 Å². The lowest BCUT2D eigenvalue weighted by atomic mass is 10.5. The Hall–Kier alpha value is -1.92. The van der Waals surface area contributed by atoms with E-state index in [4.69, 9.17) is 10.2 Å². The molecular weight excluding hydrogens is 272 g/mol. The van der Waals surface area contributed by atoms with Gasteiger partial charge in [-0.05, 0) is 21.5 Å². The van der Waals surface area contributed by atoms with E-state index in [-0.39, 0.29) is 0 Å². The maximum absolute atomic E-state index is 9.55. The number of rotatable bonds is 2. The molecule has 96 valence electrons. The van der Waals surface area contributed by atoms with Crippen molar-refractivity contribution in [2.75, 3.05) is 0 Å². The van der Waals surface area contributed by atoms with Crippen LogP contribution in [-0.2, 0) is 9.59 Å². The highest BCUT2D eigenvalue weighted by Gasteiger charge is 1.88. The Morgan fingerprint density at radius 3 is 1.11 bits per heavy atom. The number of hydrogen-bond donors (Lipinski definition) is 2. The quantitative estimate of drug-likeness (QED) is 0.830. The van der Waals surface area contributed by atoms with Gasteiger partial charge in [0.1, 0.15) is 0 Å². The summed E-state index contributed by atoms with van der Waals surface area (Å²) in [6, 6.07) is 8.07. The van der Waals surface area contributed by atoms with E-state index in [1.165, 1.54) is 0 Å². The molecule has 2 aromatic rings. The van der Waals surface area contributed by atoms with Crippen LogP contribution in [0.3, 0.4) is 0 Å². The zero-order valence-corrected chi connectivity index (χ0v) is 10.9. The summed E-state index contributed by atoms with van der Waals surface area (Å²) in [4.78, 5) is 19.1. The normalized spacial score (nSPS) is 8.67. The summed E-state index contributed by atoms with van der Waals surface area (Å²) in [7, 11) is 0. The zero-order valence-electron chi connectivity index (χ0n) is 9.30. The molecule has 6 heteroatoms. The monoisotopic (exact) mass is 284 g/mol. The maximum Gasteiger partial charge on any atom is 0.328 e. The second-order valence-electron chi connectivity index (χ2n) is 2.60. The predicted octanol–water partition coefficient (Wildman–Crippen LogP) is 3.21. The highest BCUT2D eigenvalue weighted by atomic mass is 32.1. The van der Waals surface area contributed by atoms with E-state index in [0.717, 1.165) is 0 Å². The third kappa shape index (κ3) is 14.1. The summed E-state index contributed by atoms with van der Waals surface area (Å²) in [5.74, 6) is -2.51. The van der Waals surface area contributed by atoms with E-state index >= 15 is 0 Å². The number of thiophene rings is 2. The largest absolute Gasteiger partial charge is 0.478 e. The van der Waals surface area contributed by atoms with Gasteiger partial charge < -0.3 is 10.2 Å². The average molecular weight is 284 g/mol. The Balaban J connectivity index is 0.000000250. The van der Waals surface area contributed by atoms with Gasteiger partial charge >= 0.3 is 11.9 Å². The smallest absolute Gasteiger partial charge is 0.328 e. The lowest BCUT2D eigenvalue weighted by Gasteiger charge is -1.74. The van der Waals surface area contributed by atoms with Gasteiger partial charge in [-0.1, -0.05) is 24.3 Å². The van der Waals surface area contributed by atoms with Gasteiger partial charge in [0.15, 0.2) is 0 Å². The molecule has 0 spiro atoms. The molecule has 4 nitrogen and oxygen atoms in total. The molecule has 0 saturated heterocycles. The van der Waals surface area contributed by atoms with Crippen LogP contribution in [-0.4, -0.2) is 22.2 Å². The van der Waals surface area contributed by atoms with Crippen molar-refractivity contribution in [1.82, 2.24) is 0 Å². The van der Waals surface area contributed by atoms with Gasteiger partial charge in [-0.15, -0.1) is 0 Å². The molecule has 0 radical (unpaired) electrons. The molecular formula is C12H12O4S2. The molecule has 2 heterocycles. The minimum absolute atomic E-state index is 0.558. The fourth-order valence-electron chi connectivity index (χ4n) is 0.596.